The molecule has 27 heavy (non-hydrogen) atoms. The normalized spacial score (nSPS) is 14.3. The number of nitrogens with one attached hydrogen (secondary N) is 1. The highest BCUT2D eigenvalue weighted by molar-refractivity contribution is 5.91. The maximum atomic E-state index is 12.3. The number of hydrogen-bond donors (Lipinski definition) is 1. The summed E-state index contributed by atoms with van der Waals surface area (Å²) in [5.41, 5.74) is 0.937. The van der Waals surface area contributed by atoms with E-state index in [0.717, 1.165) is 17.3 Å². The van der Waals surface area contributed by atoms with Gasteiger partial charge in [-0.25, -0.2) is 4.98 Å². The summed E-state index contributed by atoms with van der Waals surface area (Å²) in [5, 5.41) is 11.7. The molecule has 0 aromatic carbocycles. The van der Waals surface area contributed by atoms with Crippen molar-refractivity contribution in [1.29, 1.82) is 0 Å². The molecular weight excluding hydrogens is 344 g/mol. The van der Waals surface area contributed by atoms with E-state index in [1.54, 1.807) is 17.0 Å². The number of amides is 1. The lowest BCUT2D eigenvalue weighted by Crippen LogP contribution is -2.49. The van der Waals surface area contributed by atoms with Gasteiger partial charge in [0.05, 0.1) is 6.26 Å². The number of aryl methyl sites for hydroxylation is 1. The Hall–Kier alpha value is -3.42. The molecular formula is C19H20N6O2. The number of aromatic nitrogens is 3. The van der Waals surface area contributed by atoms with Crippen molar-refractivity contribution in [1.82, 2.24) is 20.1 Å². The number of rotatable bonds is 4. The molecule has 0 bridgehead atoms. The number of pyridine rings is 1. The predicted molar refractivity (Wildman–Crippen MR) is 101 cm³/mol. The minimum Gasteiger partial charge on any atom is -0.459 e. The quantitative estimate of drug-likeness (QED) is 0.761. The monoisotopic (exact) mass is 364 g/mol. The molecule has 3 aromatic heterocycles. The van der Waals surface area contributed by atoms with Gasteiger partial charge in [-0.2, -0.15) is 0 Å². The van der Waals surface area contributed by atoms with Crippen LogP contribution in [-0.4, -0.2) is 52.2 Å². The molecule has 1 aliphatic rings. The smallest absolute Gasteiger partial charge is 0.289 e. The summed E-state index contributed by atoms with van der Waals surface area (Å²) in [6.45, 7) is 4.58. The highest BCUT2D eigenvalue weighted by atomic mass is 16.3. The maximum Gasteiger partial charge on any atom is 0.289 e. The van der Waals surface area contributed by atoms with Crippen LogP contribution in [-0.2, 0) is 0 Å². The first-order valence-corrected chi connectivity index (χ1v) is 8.81. The zero-order chi connectivity index (χ0) is 18.6. The van der Waals surface area contributed by atoms with Gasteiger partial charge in [-0.05, 0) is 43.3 Å². The van der Waals surface area contributed by atoms with Crippen LogP contribution in [0.4, 0.5) is 17.5 Å². The van der Waals surface area contributed by atoms with Crippen molar-refractivity contribution in [2.75, 3.05) is 36.4 Å². The van der Waals surface area contributed by atoms with Crippen molar-refractivity contribution in [3.05, 3.63) is 60.2 Å². The first-order valence-electron chi connectivity index (χ1n) is 8.81. The van der Waals surface area contributed by atoms with E-state index < -0.39 is 0 Å². The summed E-state index contributed by atoms with van der Waals surface area (Å²) in [4.78, 5) is 20.6. The van der Waals surface area contributed by atoms with E-state index in [2.05, 4.69) is 25.4 Å². The number of anilines is 3. The minimum atomic E-state index is -0.0732. The van der Waals surface area contributed by atoms with Gasteiger partial charge in [0, 0.05) is 31.9 Å². The summed E-state index contributed by atoms with van der Waals surface area (Å²) < 4.78 is 5.19. The number of piperazine rings is 1. The second kappa shape index (κ2) is 7.45. The van der Waals surface area contributed by atoms with Crippen LogP contribution in [0.1, 0.15) is 16.2 Å². The fourth-order valence-corrected chi connectivity index (χ4v) is 3.00. The molecule has 8 heteroatoms. The summed E-state index contributed by atoms with van der Waals surface area (Å²) in [5.74, 6) is 2.48. The van der Waals surface area contributed by atoms with E-state index in [-0.39, 0.29) is 5.91 Å². The molecule has 0 saturated carbocycles. The molecule has 0 unspecified atom stereocenters. The van der Waals surface area contributed by atoms with Gasteiger partial charge in [-0.1, -0.05) is 6.07 Å². The van der Waals surface area contributed by atoms with Crippen molar-refractivity contribution < 1.29 is 9.21 Å². The van der Waals surface area contributed by atoms with Crippen LogP contribution in [0.15, 0.2) is 53.1 Å². The molecule has 1 N–H and O–H groups in total. The Balaban J connectivity index is 1.35. The van der Waals surface area contributed by atoms with Crippen LogP contribution in [0.25, 0.3) is 0 Å². The van der Waals surface area contributed by atoms with E-state index in [1.165, 1.54) is 6.26 Å². The molecule has 0 radical (unpaired) electrons. The topological polar surface area (TPSA) is 87.4 Å². The zero-order valence-electron chi connectivity index (χ0n) is 15.0. The van der Waals surface area contributed by atoms with Gasteiger partial charge in [-0.3, -0.25) is 4.79 Å². The average Bonchev–Trinajstić information content (AvgIpc) is 3.23. The Bertz CT molecular complexity index is 902. The van der Waals surface area contributed by atoms with Gasteiger partial charge in [0.1, 0.15) is 5.82 Å². The molecule has 0 aliphatic carbocycles. The lowest BCUT2D eigenvalue weighted by atomic mass is 10.3. The first-order chi connectivity index (χ1) is 13.2. The number of hydrogen-bond acceptors (Lipinski definition) is 7. The fraction of sp³-hybridized carbons (Fsp3) is 0.263. The van der Waals surface area contributed by atoms with Crippen LogP contribution in [0, 0.1) is 6.92 Å². The molecule has 4 heterocycles. The molecule has 0 atom stereocenters. The second-order valence-corrected chi connectivity index (χ2v) is 6.32. The summed E-state index contributed by atoms with van der Waals surface area (Å²) in [6.07, 6.45) is 1.51. The standard InChI is InChI=1S/C19H20N6O2/c1-14-4-2-6-16(20-14)21-17-7-8-18(23-22-17)24-9-11-25(12-10-24)19(26)15-5-3-13-27-15/h2-8,13H,9-12H2,1H3,(H,20,21,22). The maximum absolute atomic E-state index is 12.3. The van der Waals surface area contributed by atoms with Crippen molar-refractivity contribution in [2.24, 2.45) is 0 Å². The third-order valence-corrected chi connectivity index (χ3v) is 4.42. The van der Waals surface area contributed by atoms with Gasteiger partial charge in [0.15, 0.2) is 17.4 Å². The van der Waals surface area contributed by atoms with Crippen LogP contribution < -0.4 is 10.2 Å². The van der Waals surface area contributed by atoms with E-state index in [0.29, 0.717) is 37.8 Å². The predicted octanol–water partition coefficient (Wildman–Crippen LogP) is 2.48. The van der Waals surface area contributed by atoms with Crippen LogP contribution in [0.3, 0.4) is 0 Å². The average molecular weight is 364 g/mol. The van der Waals surface area contributed by atoms with E-state index >= 15 is 0 Å². The van der Waals surface area contributed by atoms with Gasteiger partial charge in [-0.15, -0.1) is 10.2 Å². The second-order valence-electron chi connectivity index (χ2n) is 6.32. The molecule has 3 aromatic rings. The number of furan rings is 1. The molecule has 1 saturated heterocycles. The highest BCUT2D eigenvalue weighted by Gasteiger charge is 2.24. The zero-order valence-corrected chi connectivity index (χ0v) is 15.0. The van der Waals surface area contributed by atoms with Crippen molar-refractivity contribution >= 4 is 23.4 Å². The van der Waals surface area contributed by atoms with Crippen molar-refractivity contribution in [2.45, 2.75) is 6.92 Å². The third kappa shape index (κ3) is 3.89. The fourth-order valence-electron chi connectivity index (χ4n) is 3.00. The van der Waals surface area contributed by atoms with Gasteiger partial charge in [0.25, 0.3) is 5.91 Å². The Labute approximate surface area is 156 Å². The van der Waals surface area contributed by atoms with Gasteiger partial charge in [0.2, 0.25) is 0 Å². The Kier molecular flexibility index (Phi) is 4.69. The summed E-state index contributed by atoms with van der Waals surface area (Å²) in [6, 6.07) is 13.0. The number of nitrogens with zero attached hydrogens (tertiary/aromatic N) is 5. The summed E-state index contributed by atoms with van der Waals surface area (Å²) in [7, 11) is 0. The lowest BCUT2D eigenvalue weighted by Gasteiger charge is -2.34. The molecule has 1 aliphatic heterocycles. The highest BCUT2D eigenvalue weighted by Crippen LogP contribution is 2.17. The molecule has 0 spiro atoms. The number of carbonyl (C=O) groups excluding carboxylic acids is 1. The van der Waals surface area contributed by atoms with E-state index in [4.69, 9.17) is 4.42 Å². The van der Waals surface area contributed by atoms with Crippen LogP contribution in [0.2, 0.25) is 0 Å². The third-order valence-electron chi connectivity index (χ3n) is 4.42. The van der Waals surface area contributed by atoms with Crippen LogP contribution >= 0.6 is 0 Å². The Morgan fingerprint density at radius 2 is 1.85 bits per heavy atom. The molecule has 138 valence electrons. The first kappa shape index (κ1) is 17.0. The molecule has 8 nitrogen and oxygen atoms in total. The molecule has 1 fully saturated rings. The SMILES string of the molecule is Cc1cccc(Nc2ccc(N3CCN(C(=O)c4ccco4)CC3)nn2)n1. The van der Waals surface area contributed by atoms with Crippen molar-refractivity contribution in [3.8, 4) is 0 Å². The largest absolute Gasteiger partial charge is 0.459 e. The minimum absolute atomic E-state index is 0.0732. The Morgan fingerprint density at radius 3 is 2.52 bits per heavy atom. The van der Waals surface area contributed by atoms with Crippen LogP contribution in [0.5, 0.6) is 0 Å². The molecule has 1 amide bonds. The van der Waals surface area contributed by atoms with E-state index in [9.17, 15) is 4.79 Å². The van der Waals surface area contributed by atoms with Gasteiger partial charge >= 0.3 is 0 Å². The summed E-state index contributed by atoms with van der Waals surface area (Å²) >= 11 is 0. The number of carbonyl (C=O) groups is 1. The van der Waals surface area contributed by atoms with E-state index in [1.807, 2.05) is 37.3 Å². The van der Waals surface area contributed by atoms with Gasteiger partial charge < -0.3 is 19.5 Å². The Morgan fingerprint density at radius 1 is 1.00 bits per heavy atom. The lowest BCUT2D eigenvalue weighted by molar-refractivity contribution is 0.0714. The molecule has 4 rings (SSSR count). The van der Waals surface area contributed by atoms with Crippen molar-refractivity contribution in [3.63, 3.8) is 0 Å².